The number of thiazole rings is 1. The van der Waals surface area contributed by atoms with Gasteiger partial charge < -0.3 is 20.7 Å². The fourth-order valence-electron chi connectivity index (χ4n) is 4.38. The van der Waals surface area contributed by atoms with E-state index in [1.807, 2.05) is 11.6 Å². The lowest BCUT2D eigenvalue weighted by Crippen LogP contribution is -2.42. The van der Waals surface area contributed by atoms with Crippen LogP contribution in [-0.4, -0.2) is 69.4 Å². The largest absolute Gasteiger partial charge is 0.490 e. The number of nitrogens with one attached hydrogen (secondary N) is 1. The number of ketones is 1. The Labute approximate surface area is 257 Å². The van der Waals surface area contributed by atoms with Gasteiger partial charge in [-0.15, -0.1) is 0 Å². The molecule has 2 aromatic heterocycles. The van der Waals surface area contributed by atoms with Crippen LogP contribution in [0.5, 0.6) is 0 Å². The molecule has 2 aromatic carbocycles. The van der Waals surface area contributed by atoms with Crippen molar-refractivity contribution in [3.05, 3.63) is 77.1 Å². The van der Waals surface area contributed by atoms with E-state index >= 15 is 0 Å². The number of hydrogen-bond donors (Lipinski definition) is 3. The van der Waals surface area contributed by atoms with E-state index in [9.17, 15) is 35.2 Å². The first-order chi connectivity index (χ1) is 21.1. The van der Waals surface area contributed by atoms with E-state index in [1.165, 1.54) is 10.4 Å². The smallest absolute Gasteiger partial charge is 0.475 e. The summed E-state index contributed by atoms with van der Waals surface area (Å²) in [6.45, 7) is 0.577. The lowest BCUT2D eigenvalue weighted by molar-refractivity contribution is -0.192. The number of nitrogens with zero attached hydrogens (tertiary/aromatic N) is 4. The van der Waals surface area contributed by atoms with Crippen molar-refractivity contribution in [3.8, 4) is 11.3 Å². The van der Waals surface area contributed by atoms with Gasteiger partial charge in [0.15, 0.2) is 5.13 Å². The zero-order chi connectivity index (χ0) is 33.1. The fourth-order valence-corrected chi connectivity index (χ4v) is 6.76. The molecule has 0 spiro atoms. The van der Waals surface area contributed by atoms with Gasteiger partial charge in [-0.05, 0) is 42.7 Å². The van der Waals surface area contributed by atoms with Gasteiger partial charge in [0.2, 0.25) is 15.8 Å². The van der Waals surface area contributed by atoms with Crippen molar-refractivity contribution in [3.63, 3.8) is 0 Å². The molecule has 0 aliphatic carbocycles. The summed E-state index contributed by atoms with van der Waals surface area (Å²) in [6.07, 6.45) is -0.692. The third-order valence-electron chi connectivity index (χ3n) is 6.68. The Morgan fingerprint density at radius 3 is 2.16 bits per heavy atom. The van der Waals surface area contributed by atoms with Crippen molar-refractivity contribution in [2.45, 2.75) is 30.0 Å². The Hall–Kier alpha value is -4.42. The number of sulfonamides is 1. The minimum Gasteiger partial charge on any atom is -0.475 e. The summed E-state index contributed by atoms with van der Waals surface area (Å²) in [6, 6.07) is 9.78. The Balaban J connectivity index is 0.000000591. The Bertz CT molecular complexity index is 1780. The quantitative estimate of drug-likeness (QED) is 0.189. The topological polar surface area (TPSA) is 161 Å². The summed E-state index contributed by atoms with van der Waals surface area (Å²) >= 11 is 0.910. The van der Waals surface area contributed by atoms with Crippen molar-refractivity contribution in [2.75, 3.05) is 24.1 Å². The van der Waals surface area contributed by atoms with Crippen molar-refractivity contribution >= 4 is 44.1 Å². The van der Waals surface area contributed by atoms with Gasteiger partial charge in [0, 0.05) is 26.2 Å². The van der Waals surface area contributed by atoms with Gasteiger partial charge in [-0.25, -0.2) is 32.0 Å². The number of aliphatic carboxylic acids is 1. The summed E-state index contributed by atoms with van der Waals surface area (Å²) in [5.41, 5.74) is 6.95. The number of carboxylic acid groups (broad SMARTS) is 1. The molecule has 1 aliphatic heterocycles. The molecule has 1 fully saturated rings. The second kappa shape index (κ2) is 13.3. The molecule has 3 heterocycles. The molecule has 0 amide bonds. The molecule has 18 heteroatoms. The third-order valence-corrected chi connectivity index (χ3v) is 9.59. The van der Waals surface area contributed by atoms with Crippen molar-refractivity contribution in [1.29, 1.82) is 0 Å². The molecular formula is C27H25F5N6O5S2. The Kier molecular flexibility index (Phi) is 9.89. The summed E-state index contributed by atoms with van der Waals surface area (Å²) in [4.78, 5) is 30.0. The van der Waals surface area contributed by atoms with Crippen LogP contribution in [0.4, 0.5) is 32.9 Å². The van der Waals surface area contributed by atoms with Crippen LogP contribution in [0, 0.1) is 11.6 Å². The Morgan fingerprint density at radius 1 is 1.07 bits per heavy atom. The van der Waals surface area contributed by atoms with Crippen LogP contribution in [0.2, 0.25) is 0 Å². The monoisotopic (exact) mass is 672 g/mol. The first-order valence-electron chi connectivity index (χ1n) is 13.0. The number of carboxylic acids is 1. The molecule has 45 heavy (non-hydrogen) atoms. The molecule has 4 aromatic rings. The zero-order valence-electron chi connectivity index (χ0n) is 23.3. The van der Waals surface area contributed by atoms with Crippen LogP contribution in [0.15, 0.2) is 59.9 Å². The maximum Gasteiger partial charge on any atom is 0.490 e. The van der Waals surface area contributed by atoms with Crippen LogP contribution >= 0.6 is 11.3 Å². The average molecular weight is 673 g/mol. The third kappa shape index (κ3) is 7.63. The van der Waals surface area contributed by atoms with E-state index in [-0.39, 0.29) is 34.7 Å². The summed E-state index contributed by atoms with van der Waals surface area (Å²) in [5, 5.41) is 10.6. The molecule has 1 saturated heterocycles. The van der Waals surface area contributed by atoms with E-state index in [0.717, 1.165) is 34.7 Å². The molecule has 1 aliphatic rings. The normalized spacial score (nSPS) is 14.4. The van der Waals surface area contributed by atoms with Crippen LogP contribution in [0.1, 0.15) is 28.1 Å². The van der Waals surface area contributed by atoms with Gasteiger partial charge in [0.1, 0.15) is 22.3 Å². The van der Waals surface area contributed by atoms with Crippen LogP contribution < -0.4 is 11.1 Å². The number of hydrogen-bond acceptors (Lipinski definition) is 9. The minimum absolute atomic E-state index is 0.0638. The molecule has 5 rings (SSSR count). The number of carbonyl (C=O) groups is 2. The van der Waals surface area contributed by atoms with E-state index in [1.54, 1.807) is 36.8 Å². The average Bonchev–Trinajstić information content (AvgIpc) is 3.57. The molecule has 0 saturated carbocycles. The molecule has 0 unspecified atom stereocenters. The van der Waals surface area contributed by atoms with Crippen molar-refractivity contribution in [2.24, 2.45) is 7.05 Å². The number of rotatable bonds is 7. The van der Waals surface area contributed by atoms with Gasteiger partial charge in [0.25, 0.3) is 0 Å². The lowest BCUT2D eigenvalue weighted by atomic mass is 10.1. The second-order valence-corrected chi connectivity index (χ2v) is 12.6. The number of piperidine rings is 1. The number of carbonyl (C=O) groups excluding carboxylic acids is 1. The van der Waals surface area contributed by atoms with Gasteiger partial charge in [-0.2, -0.15) is 17.5 Å². The number of anilines is 2. The number of nitrogen functional groups attached to an aromatic ring is 1. The first-order valence-corrected chi connectivity index (χ1v) is 15.2. The number of imidazole rings is 1. The van der Waals surface area contributed by atoms with Crippen molar-refractivity contribution in [1.82, 2.24) is 18.8 Å². The number of benzene rings is 2. The van der Waals surface area contributed by atoms with E-state index in [0.29, 0.717) is 18.0 Å². The molecule has 4 N–H and O–H groups in total. The maximum absolute atomic E-state index is 14.1. The highest BCUT2D eigenvalue weighted by molar-refractivity contribution is 7.89. The van der Waals surface area contributed by atoms with Crippen LogP contribution in [-0.2, 0) is 21.9 Å². The Morgan fingerprint density at radius 2 is 1.64 bits per heavy atom. The first kappa shape index (κ1) is 33.5. The summed E-state index contributed by atoms with van der Waals surface area (Å²) in [5.74, 6) is -5.71. The van der Waals surface area contributed by atoms with Gasteiger partial charge in [-0.3, -0.25) is 4.79 Å². The number of aryl methyl sites for hydroxylation is 1. The van der Waals surface area contributed by atoms with Gasteiger partial charge in [-0.1, -0.05) is 29.5 Å². The number of nitrogens with two attached hydrogens (primary N) is 1. The predicted molar refractivity (Wildman–Crippen MR) is 154 cm³/mol. The SMILES string of the molecule is Cn1cncc1-c1ccc(S(=O)(=O)N2CCC(Nc3nc(N)c(C(=O)c4c(F)cccc4F)s3)CC2)cc1.O=C(O)C(F)(F)F. The van der Waals surface area contributed by atoms with Gasteiger partial charge >= 0.3 is 12.1 Å². The van der Waals surface area contributed by atoms with Gasteiger partial charge in [0.05, 0.1) is 28.7 Å². The molecular weight excluding hydrogens is 647 g/mol. The highest BCUT2D eigenvalue weighted by Gasteiger charge is 2.38. The molecule has 0 radical (unpaired) electrons. The number of aromatic nitrogens is 3. The summed E-state index contributed by atoms with van der Waals surface area (Å²) < 4.78 is 89.5. The zero-order valence-corrected chi connectivity index (χ0v) is 24.9. The highest BCUT2D eigenvalue weighted by atomic mass is 32.2. The van der Waals surface area contributed by atoms with E-state index < -0.39 is 45.2 Å². The predicted octanol–water partition coefficient (Wildman–Crippen LogP) is 4.53. The molecule has 240 valence electrons. The second-order valence-electron chi connectivity index (χ2n) is 9.70. The van der Waals surface area contributed by atoms with E-state index in [2.05, 4.69) is 15.3 Å². The van der Waals surface area contributed by atoms with E-state index in [4.69, 9.17) is 15.6 Å². The highest BCUT2D eigenvalue weighted by Crippen LogP contribution is 2.31. The molecule has 0 bridgehead atoms. The molecule has 0 atom stereocenters. The minimum atomic E-state index is -5.08. The van der Waals surface area contributed by atoms with Crippen molar-refractivity contribution < 1.29 is 45.1 Å². The molecule has 11 nitrogen and oxygen atoms in total. The standard InChI is InChI=1S/C25H24F2N6O3S2.C2HF3O2/c1-32-14-29-13-20(32)15-5-7-17(8-6-15)38(35,36)33-11-9-16(10-12-33)30-25-31-24(28)23(37-25)22(34)21-18(26)3-2-4-19(21)27;3-2(4,5)1(6)7/h2-8,13-14,16H,9-12,28H2,1H3,(H,30,31);(H,6,7). The summed E-state index contributed by atoms with van der Waals surface area (Å²) in [7, 11) is -1.80. The fraction of sp³-hybridized carbons (Fsp3) is 0.259. The maximum atomic E-state index is 14.1. The number of halogens is 5. The number of alkyl halides is 3. The van der Waals surface area contributed by atoms with Crippen LogP contribution in [0.3, 0.4) is 0 Å². The van der Waals surface area contributed by atoms with Crippen LogP contribution in [0.25, 0.3) is 11.3 Å². The lowest BCUT2D eigenvalue weighted by Gasteiger charge is -2.31.